The number of rotatable bonds is 7. The van der Waals surface area contributed by atoms with E-state index >= 15 is 0 Å². The fraction of sp³-hybridized carbons (Fsp3) is 0.375. The smallest absolute Gasteiger partial charge is 0.406 e. The molecular weight excluding hydrogens is 584 g/mol. The molecule has 42 heavy (non-hydrogen) atoms. The number of nitrogens with zero attached hydrogens (tertiary/aromatic N) is 3. The van der Waals surface area contributed by atoms with Gasteiger partial charge >= 0.3 is 6.36 Å². The van der Waals surface area contributed by atoms with Crippen LogP contribution < -0.4 is 10.5 Å². The molecule has 3 aromatic carbocycles. The molecule has 0 bridgehead atoms. The summed E-state index contributed by atoms with van der Waals surface area (Å²) < 4.78 is 44.5. The first-order valence-electron chi connectivity index (χ1n) is 14.3. The maximum absolute atomic E-state index is 12.7. The largest absolute Gasteiger partial charge is 0.573 e. The van der Waals surface area contributed by atoms with Crippen molar-refractivity contribution in [2.45, 2.75) is 50.8 Å². The minimum Gasteiger partial charge on any atom is -0.406 e. The molecule has 5 nitrogen and oxygen atoms in total. The third kappa shape index (κ3) is 6.58. The first kappa shape index (κ1) is 29.3. The lowest BCUT2D eigenvalue weighted by Crippen LogP contribution is -2.45. The van der Waals surface area contributed by atoms with Gasteiger partial charge in [-0.15, -0.1) is 13.2 Å². The van der Waals surface area contributed by atoms with Gasteiger partial charge in [0.05, 0.1) is 0 Å². The average Bonchev–Trinajstić information content (AvgIpc) is 3.55. The van der Waals surface area contributed by atoms with Crippen molar-refractivity contribution in [3.63, 3.8) is 0 Å². The quantitative estimate of drug-likeness (QED) is 0.229. The SMILES string of the molecule is N[C@H]1CC[C@H](n2cc(-c3ccc(OC(F)(F)F)cc3)c3cc(CN4CCN(Cc5c(Cl)cccc5Cl)CC4)ccc32)C1. The molecule has 0 unspecified atom stereocenters. The number of piperazine rings is 1. The van der Waals surface area contributed by atoms with E-state index in [0.29, 0.717) is 16.1 Å². The lowest BCUT2D eigenvalue weighted by Gasteiger charge is -2.35. The summed E-state index contributed by atoms with van der Waals surface area (Å²) in [5.74, 6) is -0.228. The van der Waals surface area contributed by atoms with Crippen LogP contribution in [0.2, 0.25) is 10.0 Å². The molecule has 1 saturated heterocycles. The zero-order valence-electron chi connectivity index (χ0n) is 23.1. The molecule has 0 amide bonds. The molecule has 2 heterocycles. The van der Waals surface area contributed by atoms with Crippen molar-refractivity contribution in [2.75, 3.05) is 26.2 Å². The van der Waals surface area contributed by atoms with E-state index in [9.17, 15) is 13.2 Å². The van der Waals surface area contributed by atoms with Crippen LogP contribution >= 0.6 is 23.2 Å². The summed E-state index contributed by atoms with van der Waals surface area (Å²) in [6.45, 7) is 5.23. The molecule has 1 aliphatic carbocycles. The number of aromatic nitrogens is 1. The third-order valence-electron chi connectivity index (χ3n) is 8.45. The molecule has 1 aliphatic heterocycles. The van der Waals surface area contributed by atoms with E-state index in [-0.39, 0.29) is 11.8 Å². The van der Waals surface area contributed by atoms with Crippen LogP contribution in [-0.2, 0) is 13.1 Å². The second kappa shape index (κ2) is 12.1. The summed E-state index contributed by atoms with van der Waals surface area (Å²) >= 11 is 12.8. The highest BCUT2D eigenvalue weighted by atomic mass is 35.5. The van der Waals surface area contributed by atoms with Gasteiger partial charge in [-0.25, -0.2) is 0 Å². The molecule has 6 rings (SSSR count). The van der Waals surface area contributed by atoms with E-state index in [1.165, 1.54) is 17.7 Å². The molecule has 2 N–H and O–H groups in total. The van der Waals surface area contributed by atoms with E-state index in [1.54, 1.807) is 12.1 Å². The molecule has 1 saturated carbocycles. The Balaban J connectivity index is 1.21. The normalized spacial score (nSPS) is 20.4. The minimum absolute atomic E-state index is 0.182. The summed E-state index contributed by atoms with van der Waals surface area (Å²) in [5, 5.41) is 2.48. The fourth-order valence-electron chi connectivity index (χ4n) is 6.28. The standard InChI is InChI=1S/C32H33Cl2F3N4O/c33-29-2-1-3-30(34)28(29)19-40-14-12-39(13-15-40)18-21-4-11-31-26(16-21)27(20-41(31)24-8-7-23(38)17-24)22-5-9-25(10-6-22)42-32(35,36)37/h1-6,9-11,16,20,23-24H,7-8,12-15,17-19,38H2/t23-,24-/m0/s1. The molecule has 1 aromatic heterocycles. The van der Waals surface area contributed by atoms with Gasteiger partial charge in [-0.2, -0.15) is 0 Å². The van der Waals surface area contributed by atoms with Crippen LogP contribution in [0.25, 0.3) is 22.0 Å². The van der Waals surface area contributed by atoms with Gasteiger partial charge < -0.3 is 15.0 Å². The van der Waals surface area contributed by atoms with E-state index in [1.807, 2.05) is 18.2 Å². The summed E-state index contributed by atoms with van der Waals surface area (Å²) in [6.07, 6.45) is 0.313. The van der Waals surface area contributed by atoms with Crippen LogP contribution in [0.1, 0.15) is 36.4 Å². The molecule has 0 spiro atoms. The van der Waals surface area contributed by atoms with Crippen LogP contribution in [0.15, 0.2) is 66.9 Å². The van der Waals surface area contributed by atoms with Crippen LogP contribution in [0.4, 0.5) is 13.2 Å². The summed E-state index contributed by atoms with van der Waals surface area (Å²) in [5.41, 5.74) is 11.4. The molecule has 222 valence electrons. The summed E-state index contributed by atoms with van der Waals surface area (Å²) in [7, 11) is 0. The number of hydrogen-bond donors (Lipinski definition) is 1. The van der Waals surface area contributed by atoms with E-state index in [4.69, 9.17) is 28.9 Å². The highest BCUT2D eigenvalue weighted by Crippen LogP contribution is 2.39. The van der Waals surface area contributed by atoms with E-state index in [0.717, 1.165) is 86.1 Å². The highest BCUT2D eigenvalue weighted by Gasteiger charge is 2.31. The Morgan fingerprint density at radius 3 is 2.14 bits per heavy atom. The van der Waals surface area contributed by atoms with Crippen molar-refractivity contribution in [1.82, 2.24) is 14.4 Å². The van der Waals surface area contributed by atoms with Crippen molar-refractivity contribution in [3.05, 3.63) is 88.0 Å². The maximum atomic E-state index is 12.7. The Kier molecular flexibility index (Phi) is 8.44. The number of benzene rings is 3. The summed E-state index contributed by atoms with van der Waals surface area (Å²) in [4.78, 5) is 4.82. The van der Waals surface area contributed by atoms with Gasteiger partial charge in [0, 0.05) is 89.6 Å². The first-order valence-corrected chi connectivity index (χ1v) is 15.0. The molecule has 2 fully saturated rings. The Morgan fingerprint density at radius 1 is 0.857 bits per heavy atom. The number of ether oxygens (including phenoxy) is 1. The number of hydrogen-bond acceptors (Lipinski definition) is 4. The van der Waals surface area contributed by atoms with Gasteiger partial charge in [-0.1, -0.05) is 47.5 Å². The predicted molar refractivity (Wildman–Crippen MR) is 162 cm³/mol. The zero-order chi connectivity index (χ0) is 29.4. The first-order chi connectivity index (χ1) is 20.1. The Morgan fingerprint density at radius 2 is 1.52 bits per heavy atom. The average molecular weight is 618 g/mol. The monoisotopic (exact) mass is 616 g/mol. The Hall–Kier alpha value is -2.75. The third-order valence-corrected chi connectivity index (χ3v) is 9.16. The van der Waals surface area contributed by atoms with E-state index < -0.39 is 6.36 Å². The van der Waals surface area contributed by atoms with Gasteiger partial charge in [-0.05, 0) is 66.8 Å². The molecular formula is C32H33Cl2F3N4O. The number of alkyl halides is 3. The zero-order valence-corrected chi connectivity index (χ0v) is 24.6. The predicted octanol–water partition coefficient (Wildman–Crippen LogP) is 7.88. The molecule has 0 radical (unpaired) electrons. The number of fused-ring (bicyclic) bond motifs is 1. The van der Waals surface area contributed by atoms with Crippen molar-refractivity contribution < 1.29 is 17.9 Å². The second-order valence-corrected chi connectivity index (χ2v) is 12.2. The van der Waals surface area contributed by atoms with Crippen LogP contribution in [0, 0.1) is 0 Å². The van der Waals surface area contributed by atoms with E-state index in [2.05, 4.69) is 43.5 Å². The Labute approximate surface area is 253 Å². The van der Waals surface area contributed by atoms with Crippen LogP contribution in [0.3, 0.4) is 0 Å². The maximum Gasteiger partial charge on any atom is 0.573 e. The van der Waals surface area contributed by atoms with Crippen molar-refractivity contribution in [1.29, 1.82) is 0 Å². The lowest BCUT2D eigenvalue weighted by atomic mass is 10.0. The van der Waals surface area contributed by atoms with Crippen molar-refractivity contribution >= 4 is 34.1 Å². The molecule has 4 aromatic rings. The molecule has 2 aliphatic rings. The van der Waals surface area contributed by atoms with Gasteiger partial charge in [0.2, 0.25) is 0 Å². The minimum atomic E-state index is -4.72. The van der Waals surface area contributed by atoms with Gasteiger partial charge in [0.1, 0.15) is 5.75 Å². The highest BCUT2D eigenvalue weighted by molar-refractivity contribution is 6.35. The summed E-state index contributed by atoms with van der Waals surface area (Å²) in [6, 6.07) is 18.8. The second-order valence-electron chi connectivity index (χ2n) is 11.4. The van der Waals surface area contributed by atoms with Crippen molar-refractivity contribution in [2.24, 2.45) is 5.73 Å². The van der Waals surface area contributed by atoms with Crippen LogP contribution in [0.5, 0.6) is 5.75 Å². The van der Waals surface area contributed by atoms with Gasteiger partial charge in [0.15, 0.2) is 0 Å². The molecule has 2 atom stereocenters. The topological polar surface area (TPSA) is 46.7 Å². The van der Waals surface area contributed by atoms with Crippen molar-refractivity contribution in [3.8, 4) is 16.9 Å². The molecule has 10 heteroatoms. The van der Waals surface area contributed by atoms with Gasteiger partial charge in [0.25, 0.3) is 0 Å². The Bertz CT molecular complexity index is 1530. The van der Waals surface area contributed by atoms with Gasteiger partial charge in [-0.3, -0.25) is 9.80 Å². The lowest BCUT2D eigenvalue weighted by molar-refractivity contribution is -0.274. The number of nitrogens with two attached hydrogens (primary N) is 1. The van der Waals surface area contributed by atoms with Crippen LogP contribution in [-0.4, -0.2) is 53.0 Å². The fourth-order valence-corrected chi connectivity index (χ4v) is 6.80. The number of halogens is 5.